The Morgan fingerprint density at radius 1 is 1.18 bits per heavy atom. The third-order valence-electron chi connectivity index (χ3n) is 3.01. The van der Waals surface area contributed by atoms with Gasteiger partial charge in [-0.1, -0.05) is 6.92 Å². The van der Waals surface area contributed by atoms with E-state index in [1.54, 1.807) is 6.92 Å². The maximum absolute atomic E-state index is 12.4. The highest BCUT2D eigenvalue weighted by atomic mass is 32.2. The fraction of sp³-hybridized carbons (Fsp3) is 1.00. The second-order valence-corrected chi connectivity index (χ2v) is 6.40. The summed E-state index contributed by atoms with van der Waals surface area (Å²) in [5.74, 6) is -1.24. The number of sulfonamides is 1. The summed E-state index contributed by atoms with van der Waals surface area (Å²) in [6, 6.07) is -0.329. The van der Waals surface area contributed by atoms with Crippen LogP contribution >= 0.6 is 0 Å². The summed E-state index contributed by atoms with van der Waals surface area (Å²) in [7, 11) is -3.32. The molecule has 17 heavy (non-hydrogen) atoms. The van der Waals surface area contributed by atoms with Crippen molar-refractivity contribution in [1.29, 1.82) is 0 Å². The normalized spacial score (nSPS) is 27.1. The smallest absolute Gasteiger partial charge is 0.212 e. The van der Waals surface area contributed by atoms with Gasteiger partial charge in [-0.05, 0) is 32.1 Å². The standard InChI is InChI=1S/C10H18F3NO2S/c1-2-7-17(15,16)14-9-5-3-8(4-6-9)10(11,12)13/h8-9,14H,2-7H2,1H3. The van der Waals surface area contributed by atoms with Crippen molar-refractivity contribution in [2.75, 3.05) is 5.75 Å². The third kappa shape index (κ3) is 4.83. The van der Waals surface area contributed by atoms with E-state index in [-0.39, 0.29) is 37.5 Å². The van der Waals surface area contributed by atoms with Crippen LogP contribution in [-0.4, -0.2) is 26.4 Å². The minimum Gasteiger partial charge on any atom is -0.212 e. The van der Waals surface area contributed by atoms with Gasteiger partial charge in [-0.25, -0.2) is 13.1 Å². The topological polar surface area (TPSA) is 46.2 Å². The number of hydrogen-bond acceptors (Lipinski definition) is 2. The molecule has 0 aromatic carbocycles. The predicted octanol–water partition coefficient (Wildman–Crippen LogP) is 2.44. The van der Waals surface area contributed by atoms with Crippen LogP contribution in [0.15, 0.2) is 0 Å². The number of hydrogen-bond donors (Lipinski definition) is 1. The zero-order valence-electron chi connectivity index (χ0n) is 9.76. The minimum absolute atomic E-state index is 0.0167. The quantitative estimate of drug-likeness (QED) is 0.855. The summed E-state index contributed by atoms with van der Waals surface area (Å²) >= 11 is 0. The Morgan fingerprint density at radius 2 is 1.71 bits per heavy atom. The number of nitrogens with one attached hydrogen (secondary N) is 1. The second-order valence-electron chi connectivity index (χ2n) is 4.53. The van der Waals surface area contributed by atoms with E-state index in [2.05, 4.69) is 4.72 Å². The Bertz CT molecular complexity index is 332. The maximum atomic E-state index is 12.4. The van der Waals surface area contributed by atoms with Crippen molar-refractivity contribution < 1.29 is 21.6 Å². The van der Waals surface area contributed by atoms with Gasteiger partial charge in [0.05, 0.1) is 11.7 Å². The molecular weight excluding hydrogens is 255 g/mol. The average molecular weight is 273 g/mol. The molecule has 1 aliphatic carbocycles. The Hall–Kier alpha value is -0.300. The van der Waals surface area contributed by atoms with Crippen LogP contribution in [-0.2, 0) is 10.0 Å². The van der Waals surface area contributed by atoms with Crippen LogP contribution in [0.2, 0.25) is 0 Å². The largest absolute Gasteiger partial charge is 0.391 e. The van der Waals surface area contributed by atoms with Crippen LogP contribution in [0.25, 0.3) is 0 Å². The Balaban J connectivity index is 2.43. The van der Waals surface area contributed by atoms with Gasteiger partial charge in [-0.15, -0.1) is 0 Å². The van der Waals surface area contributed by atoms with Crippen LogP contribution in [0.5, 0.6) is 0 Å². The molecule has 102 valence electrons. The molecule has 0 atom stereocenters. The molecule has 0 aromatic rings. The minimum atomic E-state index is -4.15. The molecule has 0 heterocycles. The van der Waals surface area contributed by atoms with E-state index < -0.39 is 22.1 Å². The molecule has 7 heteroatoms. The molecule has 0 aromatic heterocycles. The van der Waals surface area contributed by atoms with Gasteiger partial charge in [0.15, 0.2) is 0 Å². The molecule has 0 amide bonds. The summed E-state index contributed by atoms with van der Waals surface area (Å²) < 4.78 is 62.5. The molecular formula is C10H18F3NO2S. The lowest BCUT2D eigenvalue weighted by molar-refractivity contribution is -0.182. The van der Waals surface area contributed by atoms with E-state index >= 15 is 0 Å². The molecule has 3 nitrogen and oxygen atoms in total. The monoisotopic (exact) mass is 273 g/mol. The molecule has 0 unspecified atom stereocenters. The van der Waals surface area contributed by atoms with Crippen molar-refractivity contribution in [3.8, 4) is 0 Å². The lowest BCUT2D eigenvalue weighted by Crippen LogP contribution is -2.40. The van der Waals surface area contributed by atoms with Gasteiger partial charge in [0.1, 0.15) is 0 Å². The van der Waals surface area contributed by atoms with Crippen LogP contribution in [0.3, 0.4) is 0 Å². The Kier molecular flexibility index (Phi) is 4.83. The first-order valence-corrected chi connectivity index (χ1v) is 7.46. The fourth-order valence-corrected chi connectivity index (χ4v) is 3.52. The van der Waals surface area contributed by atoms with Gasteiger partial charge in [0.25, 0.3) is 0 Å². The summed E-state index contributed by atoms with van der Waals surface area (Å²) in [5, 5.41) is 0. The van der Waals surface area contributed by atoms with Crippen molar-refractivity contribution in [1.82, 2.24) is 4.72 Å². The highest BCUT2D eigenvalue weighted by molar-refractivity contribution is 7.89. The number of halogens is 3. The van der Waals surface area contributed by atoms with Gasteiger partial charge in [-0.3, -0.25) is 0 Å². The zero-order valence-corrected chi connectivity index (χ0v) is 10.6. The fourth-order valence-electron chi connectivity index (χ4n) is 2.12. The Labute approximate surface area is 99.8 Å². The van der Waals surface area contributed by atoms with E-state index in [4.69, 9.17) is 0 Å². The molecule has 1 saturated carbocycles. The lowest BCUT2D eigenvalue weighted by Gasteiger charge is -2.30. The van der Waals surface area contributed by atoms with Crippen LogP contribution in [0.1, 0.15) is 39.0 Å². The van der Waals surface area contributed by atoms with Crippen molar-refractivity contribution in [2.24, 2.45) is 5.92 Å². The number of rotatable bonds is 4. The summed E-state index contributed by atoms with van der Waals surface area (Å²) in [6.07, 6.45) is -3.06. The van der Waals surface area contributed by atoms with Crippen molar-refractivity contribution in [3.63, 3.8) is 0 Å². The van der Waals surface area contributed by atoms with E-state index in [9.17, 15) is 21.6 Å². The molecule has 0 radical (unpaired) electrons. The Morgan fingerprint density at radius 3 is 2.12 bits per heavy atom. The van der Waals surface area contributed by atoms with E-state index in [0.717, 1.165) is 0 Å². The summed E-state index contributed by atoms with van der Waals surface area (Å²) in [4.78, 5) is 0. The molecule has 1 aliphatic rings. The molecule has 0 spiro atoms. The second kappa shape index (κ2) is 5.56. The summed E-state index contributed by atoms with van der Waals surface area (Å²) in [5.41, 5.74) is 0. The highest BCUT2D eigenvalue weighted by Crippen LogP contribution is 2.37. The van der Waals surface area contributed by atoms with E-state index in [0.29, 0.717) is 6.42 Å². The molecule has 0 bridgehead atoms. The molecule has 0 saturated heterocycles. The average Bonchev–Trinajstić information content (AvgIpc) is 2.16. The third-order valence-corrected chi connectivity index (χ3v) is 4.65. The van der Waals surface area contributed by atoms with Crippen molar-refractivity contribution >= 4 is 10.0 Å². The molecule has 1 N–H and O–H groups in total. The molecule has 1 rings (SSSR count). The van der Waals surface area contributed by atoms with E-state index in [1.165, 1.54) is 0 Å². The van der Waals surface area contributed by atoms with Crippen LogP contribution in [0, 0.1) is 5.92 Å². The first-order chi connectivity index (χ1) is 7.74. The predicted molar refractivity (Wildman–Crippen MR) is 59.0 cm³/mol. The highest BCUT2D eigenvalue weighted by Gasteiger charge is 2.41. The first kappa shape index (κ1) is 14.8. The summed E-state index contributed by atoms with van der Waals surface area (Å²) in [6.45, 7) is 1.75. The van der Waals surface area contributed by atoms with E-state index in [1.807, 2.05) is 0 Å². The van der Waals surface area contributed by atoms with Crippen LogP contribution < -0.4 is 4.72 Å². The zero-order chi connectivity index (χ0) is 13.1. The first-order valence-electron chi connectivity index (χ1n) is 5.81. The lowest BCUT2D eigenvalue weighted by atomic mass is 9.86. The van der Waals surface area contributed by atoms with Crippen LogP contribution in [0.4, 0.5) is 13.2 Å². The van der Waals surface area contributed by atoms with Gasteiger partial charge >= 0.3 is 6.18 Å². The maximum Gasteiger partial charge on any atom is 0.391 e. The van der Waals surface area contributed by atoms with Gasteiger partial charge in [-0.2, -0.15) is 13.2 Å². The van der Waals surface area contributed by atoms with Crippen molar-refractivity contribution in [2.45, 2.75) is 51.2 Å². The molecule has 1 fully saturated rings. The van der Waals surface area contributed by atoms with Crippen molar-refractivity contribution in [3.05, 3.63) is 0 Å². The molecule has 0 aliphatic heterocycles. The van der Waals surface area contributed by atoms with Gasteiger partial charge in [0.2, 0.25) is 10.0 Å². The number of alkyl halides is 3. The van der Waals surface area contributed by atoms with Gasteiger partial charge < -0.3 is 0 Å². The SMILES string of the molecule is CCCS(=O)(=O)NC1CCC(C(F)(F)F)CC1. The van der Waals surface area contributed by atoms with Gasteiger partial charge in [0, 0.05) is 6.04 Å².